The molecule has 1 aliphatic heterocycles. The number of amides is 3. The van der Waals surface area contributed by atoms with Crippen LogP contribution in [0.4, 0.5) is 0 Å². The van der Waals surface area contributed by atoms with Crippen molar-refractivity contribution in [3.8, 4) is 0 Å². The standard InChI is InChI=1S/C20H18N2O4/c1-13(22-19(25)15-9-5-6-10-16(15)20(22)26)18(24)21-17(11-12-23)14-7-3-2-4-8-14/h2-10,12-13,17H,11H2,1H3,(H,21,24)/t13-,17-/m1/s1. The number of carbonyl (C=O) groups is 4. The van der Waals surface area contributed by atoms with E-state index in [1.54, 1.807) is 36.4 Å². The van der Waals surface area contributed by atoms with Crippen LogP contribution in [0, 0.1) is 0 Å². The zero-order valence-electron chi connectivity index (χ0n) is 14.2. The molecule has 1 heterocycles. The number of hydrogen-bond donors (Lipinski definition) is 1. The van der Waals surface area contributed by atoms with Crippen LogP contribution in [0.2, 0.25) is 0 Å². The Kier molecular flexibility index (Phi) is 4.93. The molecular weight excluding hydrogens is 332 g/mol. The van der Waals surface area contributed by atoms with Crippen LogP contribution >= 0.6 is 0 Å². The molecule has 3 amide bonds. The number of carbonyl (C=O) groups excluding carboxylic acids is 4. The molecule has 132 valence electrons. The molecule has 0 fully saturated rings. The van der Waals surface area contributed by atoms with Crippen molar-refractivity contribution in [2.45, 2.75) is 25.4 Å². The Bertz CT molecular complexity index is 828. The Morgan fingerprint density at radius 2 is 1.54 bits per heavy atom. The maximum atomic E-state index is 12.7. The average Bonchev–Trinajstić information content (AvgIpc) is 2.92. The molecular formula is C20H18N2O4. The summed E-state index contributed by atoms with van der Waals surface area (Å²) in [5.41, 5.74) is 1.37. The number of aldehydes is 1. The maximum Gasteiger partial charge on any atom is 0.262 e. The second kappa shape index (κ2) is 7.31. The summed E-state index contributed by atoms with van der Waals surface area (Å²) in [7, 11) is 0. The first-order chi connectivity index (χ1) is 12.5. The quantitative estimate of drug-likeness (QED) is 0.639. The molecule has 0 aliphatic carbocycles. The van der Waals surface area contributed by atoms with Crippen molar-refractivity contribution in [3.63, 3.8) is 0 Å². The Morgan fingerprint density at radius 3 is 2.08 bits per heavy atom. The van der Waals surface area contributed by atoms with Gasteiger partial charge in [-0.2, -0.15) is 0 Å². The third-order valence-corrected chi connectivity index (χ3v) is 4.44. The molecule has 0 saturated heterocycles. The lowest BCUT2D eigenvalue weighted by Crippen LogP contribution is -2.48. The second-order valence-corrected chi connectivity index (χ2v) is 6.08. The Hall–Kier alpha value is -3.28. The summed E-state index contributed by atoms with van der Waals surface area (Å²) < 4.78 is 0. The fourth-order valence-corrected chi connectivity index (χ4v) is 3.03. The minimum absolute atomic E-state index is 0.102. The van der Waals surface area contributed by atoms with E-state index in [1.807, 2.05) is 18.2 Å². The van der Waals surface area contributed by atoms with Crippen molar-refractivity contribution in [1.82, 2.24) is 10.2 Å². The average molecular weight is 350 g/mol. The van der Waals surface area contributed by atoms with Crippen LogP contribution in [-0.4, -0.2) is 34.9 Å². The van der Waals surface area contributed by atoms with Crippen molar-refractivity contribution in [1.29, 1.82) is 0 Å². The van der Waals surface area contributed by atoms with Gasteiger partial charge < -0.3 is 10.1 Å². The van der Waals surface area contributed by atoms with Gasteiger partial charge in [0.15, 0.2) is 0 Å². The minimum Gasteiger partial charge on any atom is -0.347 e. The Labute approximate surface area is 150 Å². The zero-order valence-corrected chi connectivity index (χ0v) is 14.2. The topological polar surface area (TPSA) is 83.6 Å². The van der Waals surface area contributed by atoms with Gasteiger partial charge in [-0.25, -0.2) is 0 Å². The highest BCUT2D eigenvalue weighted by Gasteiger charge is 2.40. The predicted molar refractivity (Wildman–Crippen MR) is 94.4 cm³/mol. The van der Waals surface area contributed by atoms with Crippen molar-refractivity contribution in [2.75, 3.05) is 0 Å². The van der Waals surface area contributed by atoms with E-state index in [-0.39, 0.29) is 6.42 Å². The zero-order chi connectivity index (χ0) is 18.7. The normalized spacial score (nSPS) is 15.3. The number of nitrogens with zero attached hydrogens (tertiary/aromatic N) is 1. The summed E-state index contributed by atoms with van der Waals surface area (Å²) in [6.07, 6.45) is 0.829. The fraction of sp³-hybridized carbons (Fsp3) is 0.200. The third kappa shape index (κ3) is 3.13. The highest BCUT2D eigenvalue weighted by molar-refractivity contribution is 6.22. The first kappa shape index (κ1) is 17.5. The lowest BCUT2D eigenvalue weighted by atomic mass is 10.0. The van der Waals surface area contributed by atoms with Crippen LogP contribution in [0.15, 0.2) is 54.6 Å². The van der Waals surface area contributed by atoms with Gasteiger partial charge in [0.1, 0.15) is 12.3 Å². The molecule has 2 atom stereocenters. The van der Waals surface area contributed by atoms with Crippen molar-refractivity contribution in [2.24, 2.45) is 0 Å². The van der Waals surface area contributed by atoms with Gasteiger partial charge in [-0.05, 0) is 24.6 Å². The van der Waals surface area contributed by atoms with Crippen LogP contribution in [0.5, 0.6) is 0 Å². The molecule has 6 heteroatoms. The maximum absolute atomic E-state index is 12.7. The van der Waals surface area contributed by atoms with Gasteiger partial charge in [-0.3, -0.25) is 19.3 Å². The molecule has 1 N–H and O–H groups in total. The van der Waals surface area contributed by atoms with Crippen LogP contribution in [0.25, 0.3) is 0 Å². The van der Waals surface area contributed by atoms with Crippen LogP contribution in [-0.2, 0) is 9.59 Å². The van der Waals surface area contributed by atoms with E-state index in [2.05, 4.69) is 5.32 Å². The summed E-state index contributed by atoms with van der Waals surface area (Å²) in [5.74, 6) is -1.46. The molecule has 0 unspecified atom stereocenters. The smallest absolute Gasteiger partial charge is 0.262 e. The van der Waals surface area contributed by atoms with Gasteiger partial charge >= 0.3 is 0 Å². The molecule has 6 nitrogen and oxygen atoms in total. The van der Waals surface area contributed by atoms with Crippen LogP contribution < -0.4 is 5.32 Å². The SMILES string of the molecule is C[C@H](C(=O)N[C@H](CC=O)c1ccccc1)N1C(=O)c2ccccc2C1=O. The monoisotopic (exact) mass is 350 g/mol. The largest absolute Gasteiger partial charge is 0.347 e. The predicted octanol–water partition coefficient (Wildman–Crippen LogP) is 2.12. The number of nitrogens with one attached hydrogen (secondary N) is 1. The van der Waals surface area contributed by atoms with Crippen molar-refractivity contribution >= 4 is 24.0 Å². The van der Waals surface area contributed by atoms with Gasteiger partial charge in [0.2, 0.25) is 5.91 Å². The van der Waals surface area contributed by atoms with Crippen molar-refractivity contribution < 1.29 is 19.2 Å². The van der Waals surface area contributed by atoms with E-state index < -0.39 is 29.8 Å². The number of fused-ring (bicyclic) bond motifs is 1. The van der Waals surface area contributed by atoms with Gasteiger partial charge in [0.25, 0.3) is 11.8 Å². The number of imide groups is 1. The molecule has 3 rings (SSSR count). The van der Waals surface area contributed by atoms with Gasteiger partial charge in [-0.1, -0.05) is 42.5 Å². The highest BCUT2D eigenvalue weighted by atomic mass is 16.2. The highest BCUT2D eigenvalue weighted by Crippen LogP contribution is 2.25. The molecule has 1 aliphatic rings. The lowest BCUT2D eigenvalue weighted by Gasteiger charge is -2.25. The van der Waals surface area contributed by atoms with E-state index in [4.69, 9.17) is 0 Å². The molecule has 2 aromatic rings. The molecule has 0 bridgehead atoms. The van der Waals surface area contributed by atoms with E-state index >= 15 is 0 Å². The number of rotatable bonds is 6. The minimum atomic E-state index is -0.986. The summed E-state index contributed by atoms with van der Waals surface area (Å²) in [5, 5.41) is 2.76. The molecule has 0 saturated carbocycles. The summed E-state index contributed by atoms with van der Waals surface area (Å²) in [6, 6.07) is 14.1. The lowest BCUT2D eigenvalue weighted by molar-refractivity contribution is -0.125. The fourth-order valence-electron chi connectivity index (χ4n) is 3.03. The second-order valence-electron chi connectivity index (χ2n) is 6.08. The van der Waals surface area contributed by atoms with E-state index in [0.29, 0.717) is 11.1 Å². The van der Waals surface area contributed by atoms with E-state index in [9.17, 15) is 19.2 Å². The summed E-state index contributed by atoms with van der Waals surface area (Å²) >= 11 is 0. The van der Waals surface area contributed by atoms with Crippen LogP contribution in [0.1, 0.15) is 45.7 Å². The Morgan fingerprint density at radius 1 is 1.00 bits per heavy atom. The summed E-state index contributed by atoms with van der Waals surface area (Å²) in [6.45, 7) is 1.50. The molecule has 26 heavy (non-hydrogen) atoms. The summed E-state index contributed by atoms with van der Waals surface area (Å²) in [4.78, 5) is 49.6. The molecule has 2 aromatic carbocycles. The molecule has 0 radical (unpaired) electrons. The van der Waals surface area contributed by atoms with Gasteiger partial charge in [0, 0.05) is 6.42 Å². The molecule has 0 spiro atoms. The number of benzene rings is 2. The molecule has 0 aromatic heterocycles. The van der Waals surface area contributed by atoms with Crippen molar-refractivity contribution in [3.05, 3.63) is 71.3 Å². The first-order valence-corrected chi connectivity index (χ1v) is 8.30. The first-order valence-electron chi connectivity index (χ1n) is 8.30. The third-order valence-electron chi connectivity index (χ3n) is 4.44. The van der Waals surface area contributed by atoms with Gasteiger partial charge in [0.05, 0.1) is 17.2 Å². The van der Waals surface area contributed by atoms with Gasteiger partial charge in [-0.15, -0.1) is 0 Å². The number of hydrogen-bond acceptors (Lipinski definition) is 4. The van der Waals surface area contributed by atoms with E-state index in [1.165, 1.54) is 6.92 Å². The van der Waals surface area contributed by atoms with Crippen LogP contribution in [0.3, 0.4) is 0 Å². The Balaban J connectivity index is 1.78. The van der Waals surface area contributed by atoms with E-state index in [0.717, 1.165) is 16.7 Å².